The zero-order chi connectivity index (χ0) is 19.8. The monoisotopic (exact) mass is 378 g/mol. The van der Waals surface area contributed by atoms with Gasteiger partial charge in [-0.1, -0.05) is 60.7 Å². The highest BCUT2D eigenvalue weighted by Crippen LogP contribution is 2.28. The van der Waals surface area contributed by atoms with Crippen molar-refractivity contribution < 1.29 is 0 Å². The van der Waals surface area contributed by atoms with Crippen LogP contribution in [0.4, 0.5) is 0 Å². The van der Waals surface area contributed by atoms with Gasteiger partial charge in [0.1, 0.15) is 0 Å². The first kappa shape index (κ1) is 21.1. The number of hydrogen-bond acceptors (Lipinski definition) is 2. The van der Waals surface area contributed by atoms with Crippen molar-refractivity contribution in [2.75, 3.05) is 26.2 Å². The van der Waals surface area contributed by atoms with E-state index in [1.807, 2.05) is 0 Å². The summed E-state index contributed by atoms with van der Waals surface area (Å²) >= 11 is 0. The van der Waals surface area contributed by atoms with Crippen LogP contribution < -0.4 is 5.32 Å². The second-order valence-corrected chi connectivity index (χ2v) is 9.30. The molecule has 0 saturated carbocycles. The predicted molar refractivity (Wildman–Crippen MR) is 121 cm³/mol. The van der Waals surface area contributed by atoms with Gasteiger partial charge < -0.3 is 5.32 Å². The maximum absolute atomic E-state index is 3.73. The first-order valence-electron chi connectivity index (χ1n) is 11.1. The van der Waals surface area contributed by atoms with Crippen LogP contribution in [-0.2, 0) is 0 Å². The number of benzene rings is 2. The van der Waals surface area contributed by atoms with Gasteiger partial charge in [-0.2, -0.15) is 0 Å². The van der Waals surface area contributed by atoms with E-state index in [2.05, 4.69) is 91.7 Å². The quantitative estimate of drug-likeness (QED) is 0.593. The van der Waals surface area contributed by atoms with E-state index in [0.717, 1.165) is 25.4 Å². The van der Waals surface area contributed by atoms with Gasteiger partial charge in [0.2, 0.25) is 0 Å². The third-order valence-corrected chi connectivity index (χ3v) is 6.31. The van der Waals surface area contributed by atoms with Crippen molar-refractivity contribution in [2.45, 2.75) is 57.9 Å². The van der Waals surface area contributed by atoms with Crippen LogP contribution >= 0.6 is 0 Å². The molecule has 152 valence electrons. The molecule has 0 spiro atoms. The summed E-state index contributed by atoms with van der Waals surface area (Å²) in [6, 6.07) is 21.9. The summed E-state index contributed by atoms with van der Waals surface area (Å²) in [4.78, 5) is 2.64. The lowest BCUT2D eigenvalue weighted by Gasteiger charge is -2.41. The molecule has 0 aliphatic carbocycles. The van der Waals surface area contributed by atoms with Crippen molar-refractivity contribution in [3.8, 4) is 0 Å². The van der Waals surface area contributed by atoms with Crippen LogP contribution in [0.3, 0.4) is 0 Å². The molecule has 2 heteroatoms. The molecule has 0 atom stereocenters. The molecule has 3 rings (SSSR count). The fraction of sp³-hybridized carbons (Fsp3) is 0.538. The molecule has 2 aromatic rings. The smallest absolute Gasteiger partial charge is 0.0125 e. The third kappa shape index (κ3) is 6.18. The van der Waals surface area contributed by atoms with Crippen molar-refractivity contribution >= 4 is 0 Å². The van der Waals surface area contributed by atoms with Gasteiger partial charge in [0.25, 0.3) is 0 Å². The first-order valence-corrected chi connectivity index (χ1v) is 11.1. The van der Waals surface area contributed by atoms with E-state index < -0.39 is 0 Å². The number of rotatable bonds is 8. The van der Waals surface area contributed by atoms with Crippen LogP contribution in [0.15, 0.2) is 60.7 Å². The van der Waals surface area contributed by atoms with Crippen LogP contribution in [0, 0.1) is 5.92 Å². The van der Waals surface area contributed by atoms with E-state index in [1.165, 1.54) is 43.5 Å². The Labute approximate surface area is 172 Å². The van der Waals surface area contributed by atoms with Gasteiger partial charge in [-0.15, -0.1) is 0 Å². The van der Waals surface area contributed by atoms with Crippen molar-refractivity contribution in [1.29, 1.82) is 0 Å². The van der Waals surface area contributed by atoms with Gasteiger partial charge in [0.15, 0.2) is 0 Å². The fourth-order valence-corrected chi connectivity index (χ4v) is 4.47. The highest BCUT2D eigenvalue weighted by atomic mass is 15.2. The minimum Gasteiger partial charge on any atom is -0.317 e. The molecular weight excluding hydrogens is 340 g/mol. The van der Waals surface area contributed by atoms with Gasteiger partial charge in [0.05, 0.1) is 0 Å². The van der Waals surface area contributed by atoms with Gasteiger partial charge in [-0.05, 0) is 89.7 Å². The highest BCUT2D eigenvalue weighted by Gasteiger charge is 2.26. The Morgan fingerprint density at radius 3 is 1.89 bits per heavy atom. The molecule has 1 N–H and O–H groups in total. The SMILES string of the molecule is CC(C)(C)N1CCC(CCNCCC(c2ccccc2)c2ccccc2)CC1. The van der Waals surface area contributed by atoms with Gasteiger partial charge in [-0.25, -0.2) is 0 Å². The number of nitrogens with one attached hydrogen (secondary N) is 1. The molecule has 0 radical (unpaired) electrons. The molecule has 1 fully saturated rings. The van der Waals surface area contributed by atoms with Crippen molar-refractivity contribution in [2.24, 2.45) is 5.92 Å². The lowest BCUT2D eigenvalue weighted by atomic mass is 9.88. The van der Waals surface area contributed by atoms with Crippen LogP contribution in [0.25, 0.3) is 0 Å². The lowest BCUT2D eigenvalue weighted by molar-refractivity contribution is 0.0854. The Morgan fingerprint density at radius 2 is 1.39 bits per heavy atom. The van der Waals surface area contributed by atoms with Gasteiger partial charge >= 0.3 is 0 Å². The normalized spacial score (nSPS) is 16.6. The summed E-state index contributed by atoms with van der Waals surface area (Å²) in [7, 11) is 0. The molecule has 0 unspecified atom stereocenters. The minimum absolute atomic E-state index is 0.326. The Kier molecular flexibility index (Phi) is 7.70. The van der Waals surface area contributed by atoms with E-state index in [1.54, 1.807) is 0 Å². The van der Waals surface area contributed by atoms with E-state index in [-0.39, 0.29) is 0 Å². The third-order valence-electron chi connectivity index (χ3n) is 6.31. The van der Waals surface area contributed by atoms with Crippen molar-refractivity contribution in [3.63, 3.8) is 0 Å². The summed E-state index contributed by atoms with van der Waals surface area (Å²) < 4.78 is 0. The zero-order valence-electron chi connectivity index (χ0n) is 18.0. The Bertz CT molecular complexity index is 627. The molecule has 1 aliphatic heterocycles. The summed E-state index contributed by atoms with van der Waals surface area (Å²) in [5.41, 5.74) is 3.17. The average Bonchev–Trinajstić information content (AvgIpc) is 2.72. The van der Waals surface area contributed by atoms with Crippen molar-refractivity contribution in [3.05, 3.63) is 71.8 Å². The van der Waals surface area contributed by atoms with E-state index in [0.29, 0.717) is 11.5 Å². The molecule has 0 amide bonds. The van der Waals surface area contributed by atoms with Gasteiger partial charge in [-0.3, -0.25) is 4.90 Å². The van der Waals surface area contributed by atoms with Gasteiger partial charge in [0, 0.05) is 11.5 Å². The average molecular weight is 379 g/mol. The van der Waals surface area contributed by atoms with E-state index in [4.69, 9.17) is 0 Å². The number of piperidine rings is 1. The molecular formula is C26H38N2. The number of nitrogens with zero attached hydrogens (tertiary/aromatic N) is 1. The molecule has 28 heavy (non-hydrogen) atoms. The number of hydrogen-bond donors (Lipinski definition) is 1. The van der Waals surface area contributed by atoms with Crippen LogP contribution in [0.1, 0.15) is 63.5 Å². The second kappa shape index (κ2) is 10.2. The number of likely N-dealkylation sites (tertiary alicyclic amines) is 1. The molecule has 0 aromatic heterocycles. The van der Waals surface area contributed by atoms with E-state index in [9.17, 15) is 0 Å². The predicted octanol–water partition coefficient (Wildman–Crippen LogP) is 5.70. The molecule has 2 nitrogen and oxygen atoms in total. The summed E-state index contributed by atoms with van der Waals surface area (Å²) in [6.07, 6.45) is 5.18. The summed E-state index contributed by atoms with van der Waals surface area (Å²) in [5, 5.41) is 3.73. The second-order valence-electron chi connectivity index (χ2n) is 9.30. The molecule has 1 aliphatic rings. The largest absolute Gasteiger partial charge is 0.317 e. The molecule has 1 saturated heterocycles. The Morgan fingerprint density at radius 1 is 0.857 bits per heavy atom. The fourth-order valence-electron chi connectivity index (χ4n) is 4.47. The van der Waals surface area contributed by atoms with Crippen LogP contribution in [0.2, 0.25) is 0 Å². The first-order chi connectivity index (χ1) is 13.5. The standard InChI is InChI=1S/C26H38N2/c1-26(2,3)28-20-16-22(17-21-28)14-18-27-19-15-25(23-10-6-4-7-11-23)24-12-8-5-9-13-24/h4-13,22,25,27H,14-21H2,1-3H3. The maximum Gasteiger partial charge on any atom is 0.0125 e. The van der Waals surface area contributed by atoms with Crippen molar-refractivity contribution in [1.82, 2.24) is 10.2 Å². The zero-order valence-corrected chi connectivity index (χ0v) is 18.0. The molecule has 1 heterocycles. The Balaban J connectivity index is 1.42. The lowest BCUT2D eigenvalue weighted by Crippen LogP contribution is -2.46. The van der Waals surface area contributed by atoms with E-state index >= 15 is 0 Å². The topological polar surface area (TPSA) is 15.3 Å². The molecule has 2 aromatic carbocycles. The minimum atomic E-state index is 0.326. The maximum atomic E-state index is 3.73. The summed E-state index contributed by atoms with van der Waals surface area (Å²) in [6.45, 7) is 11.8. The Hall–Kier alpha value is -1.64. The van der Waals surface area contributed by atoms with Crippen LogP contribution in [0.5, 0.6) is 0 Å². The van der Waals surface area contributed by atoms with Crippen LogP contribution in [-0.4, -0.2) is 36.6 Å². The summed E-state index contributed by atoms with van der Waals surface area (Å²) in [5.74, 6) is 1.37. The molecule has 0 bridgehead atoms. The highest BCUT2D eigenvalue weighted by molar-refractivity contribution is 5.32.